The largest absolute Gasteiger partial charge is 0.494 e. The van der Waals surface area contributed by atoms with E-state index in [9.17, 15) is 9.59 Å². The van der Waals surface area contributed by atoms with Crippen LogP contribution in [0.5, 0.6) is 11.6 Å². The average Bonchev–Trinajstić information content (AvgIpc) is 3.36. The van der Waals surface area contributed by atoms with Gasteiger partial charge in [0.05, 0.1) is 13.2 Å². The molecule has 0 unspecified atom stereocenters. The third kappa shape index (κ3) is 4.90. The zero-order valence-corrected chi connectivity index (χ0v) is 18.0. The van der Waals surface area contributed by atoms with Crippen LogP contribution in [0.25, 0.3) is 0 Å². The molecule has 4 rings (SSSR count). The lowest BCUT2D eigenvalue weighted by molar-refractivity contribution is -0.130. The van der Waals surface area contributed by atoms with E-state index >= 15 is 0 Å². The summed E-state index contributed by atoms with van der Waals surface area (Å²) in [4.78, 5) is 35.0. The number of benzene rings is 1. The minimum Gasteiger partial charge on any atom is -0.494 e. The van der Waals surface area contributed by atoms with Crippen LogP contribution in [0.3, 0.4) is 0 Å². The van der Waals surface area contributed by atoms with Crippen molar-refractivity contribution in [2.45, 2.75) is 26.4 Å². The molecule has 3 heterocycles. The standard InChI is InChI=1S/C23H28N4O4/c1-3-30-19-9-7-18(8-10-19)27-14-13-26(23(27)29)16-22(28)25-12-11-20(15-25)31-21-6-4-5-17(2)24-21/h4-10,20H,3,11-16H2,1-2H3/t20-/m1/s1. The molecule has 2 aliphatic heterocycles. The molecule has 0 bridgehead atoms. The second kappa shape index (κ2) is 9.24. The lowest BCUT2D eigenvalue weighted by Crippen LogP contribution is -2.42. The predicted octanol–water partition coefficient (Wildman–Crippen LogP) is 2.71. The number of hydrogen-bond acceptors (Lipinski definition) is 5. The van der Waals surface area contributed by atoms with Crippen molar-refractivity contribution in [1.29, 1.82) is 0 Å². The molecule has 2 fully saturated rings. The van der Waals surface area contributed by atoms with Crippen molar-refractivity contribution in [3.63, 3.8) is 0 Å². The molecule has 1 atom stereocenters. The summed E-state index contributed by atoms with van der Waals surface area (Å²) in [5.74, 6) is 1.31. The molecule has 0 spiro atoms. The van der Waals surface area contributed by atoms with E-state index in [-0.39, 0.29) is 24.6 Å². The van der Waals surface area contributed by atoms with Gasteiger partial charge in [0.25, 0.3) is 0 Å². The summed E-state index contributed by atoms with van der Waals surface area (Å²) in [6.07, 6.45) is 0.682. The van der Waals surface area contributed by atoms with Crippen molar-refractivity contribution in [2.75, 3.05) is 44.2 Å². The Bertz CT molecular complexity index is 933. The highest BCUT2D eigenvalue weighted by Crippen LogP contribution is 2.24. The van der Waals surface area contributed by atoms with Gasteiger partial charge < -0.3 is 19.3 Å². The number of hydrogen-bond donors (Lipinski definition) is 0. The van der Waals surface area contributed by atoms with Crippen LogP contribution in [-0.4, -0.2) is 72.2 Å². The minimum atomic E-state index is -0.145. The highest BCUT2D eigenvalue weighted by atomic mass is 16.5. The van der Waals surface area contributed by atoms with Crippen LogP contribution >= 0.6 is 0 Å². The van der Waals surface area contributed by atoms with Gasteiger partial charge in [0.15, 0.2) is 0 Å². The molecule has 1 aromatic heterocycles. The molecule has 0 radical (unpaired) electrons. The van der Waals surface area contributed by atoms with E-state index in [4.69, 9.17) is 9.47 Å². The minimum absolute atomic E-state index is 0.0507. The van der Waals surface area contributed by atoms with Gasteiger partial charge in [0.1, 0.15) is 18.4 Å². The predicted molar refractivity (Wildman–Crippen MR) is 117 cm³/mol. The van der Waals surface area contributed by atoms with Gasteiger partial charge in [-0.3, -0.25) is 9.69 Å². The number of pyridine rings is 1. The average molecular weight is 425 g/mol. The van der Waals surface area contributed by atoms with E-state index in [0.29, 0.717) is 38.7 Å². The van der Waals surface area contributed by atoms with Crippen molar-refractivity contribution >= 4 is 17.6 Å². The molecular formula is C23H28N4O4. The maximum Gasteiger partial charge on any atom is 0.325 e. The summed E-state index contributed by atoms with van der Waals surface area (Å²) in [5, 5.41) is 0. The third-order valence-corrected chi connectivity index (χ3v) is 5.53. The fourth-order valence-corrected chi connectivity index (χ4v) is 3.93. The molecule has 0 N–H and O–H groups in total. The Morgan fingerprint density at radius 1 is 1.13 bits per heavy atom. The molecule has 3 amide bonds. The third-order valence-electron chi connectivity index (χ3n) is 5.53. The van der Waals surface area contributed by atoms with Gasteiger partial charge in [-0.2, -0.15) is 0 Å². The number of likely N-dealkylation sites (tertiary alicyclic amines) is 1. The van der Waals surface area contributed by atoms with Gasteiger partial charge in [-0.05, 0) is 44.2 Å². The number of ether oxygens (including phenoxy) is 2. The van der Waals surface area contributed by atoms with E-state index in [2.05, 4.69) is 4.98 Å². The van der Waals surface area contributed by atoms with Crippen molar-refractivity contribution in [1.82, 2.24) is 14.8 Å². The number of carbonyl (C=O) groups excluding carboxylic acids is 2. The molecule has 2 aliphatic rings. The van der Waals surface area contributed by atoms with E-state index in [0.717, 1.165) is 23.6 Å². The van der Waals surface area contributed by atoms with E-state index in [1.807, 2.05) is 56.3 Å². The number of anilines is 1. The van der Waals surface area contributed by atoms with Crippen molar-refractivity contribution in [3.8, 4) is 11.6 Å². The van der Waals surface area contributed by atoms with Gasteiger partial charge in [-0.15, -0.1) is 0 Å². The van der Waals surface area contributed by atoms with Crippen LogP contribution in [0.15, 0.2) is 42.5 Å². The van der Waals surface area contributed by atoms with Crippen LogP contribution in [0.2, 0.25) is 0 Å². The maximum absolute atomic E-state index is 12.8. The Labute approximate surface area is 182 Å². The molecule has 8 heteroatoms. The molecule has 2 aromatic rings. The first-order valence-corrected chi connectivity index (χ1v) is 10.7. The summed E-state index contributed by atoms with van der Waals surface area (Å²) >= 11 is 0. The topological polar surface area (TPSA) is 75.2 Å². The molecule has 8 nitrogen and oxygen atoms in total. The number of amides is 3. The number of aromatic nitrogens is 1. The lowest BCUT2D eigenvalue weighted by atomic mass is 10.3. The molecule has 31 heavy (non-hydrogen) atoms. The molecule has 0 saturated carbocycles. The summed E-state index contributed by atoms with van der Waals surface area (Å²) in [5.41, 5.74) is 1.71. The number of aryl methyl sites for hydroxylation is 1. The van der Waals surface area contributed by atoms with Crippen LogP contribution in [0.4, 0.5) is 10.5 Å². The summed E-state index contributed by atoms with van der Waals surface area (Å²) in [7, 11) is 0. The normalized spacial score (nSPS) is 18.6. The molecule has 1 aromatic carbocycles. The van der Waals surface area contributed by atoms with Crippen LogP contribution in [0.1, 0.15) is 19.0 Å². The second-order valence-electron chi connectivity index (χ2n) is 7.77. The second-order valence-corrected chi connectivity index (χ2v) is 7.77. The number of urea groups is 1. The monoisotopic (exact) mass is 424 g/mol. The zero-order valence-electron chi connectivity index (χ0n) is 18.0. The molecule has 0 aliphatic carbocycles. The maximum atomic E-state index is 12.8. The summed E-state index contributed by atoms with van der Waals surface area (Å²) in [6.45, 7) is 6.76. The summed E-state index contributed by atoms with van der Waals surface area (Å²) < 4.78 is 11.4. The van der Waals surface area contributed by atoms with Gasteiger partial charge in [-0.25, -0.2) is 9.78 Å². The Morgan fingerprint density at radius 2 is 1.94 bits per heavy atom. The quantitative estimate of drug-likeness (QED) is 0.683. The number of rotatable bonds is 7. The first kappa shape index (κ1) is 21.0. The first-order valence-electron chi connectivity index (χ1n) is 10.7. The Kier molecular flexibility index (Phi) is 6.25. The molecule has 2 saturated heterocycles. The van der Waals surface area contributed by atoms with Gasteiger partial charge in [0, 0.05) is 43.5 Å². The van der Waals surface area contributed by atoms with Gasteiger partial charge in [-0.1, -0.05) is 6.07 Å². The van der Waals surface area contributed by atoms with Crippen molar-refractivity contribution in [2.24, 2.45) is 0 Å². The van der Waals surface area contributed by atoms with E-state index in [1.165, 1.54) is 0 Å². The Balaban J connectivity index is 1.29. The van der Waals surface area contributed by atoms with Crippen LogP contribution in [-0.2, 0) is 4.79 Å². The fourth-order valence-electron chi connectivity index (χ4n) is 3.93. The highest BCUT2D eigenvalue weighted by molar-refractivity contribution is 5.96. The first-order chi connectivity index (χ1) is 15.0. The molecular weight excluding hydrogens is 396 g/mol. The fraction of sp³-hybridized carbons (Fsp3) is 0.435. The molecule has 164 valence electrons. The Morgan fingerprint density at radius 3 is 2.68 bits per heavy atom. The van der Waals surface area contributed by atoms with Gasteiger partial charge >= 0.3 is 6.03 Å². The lowest BCUT2D eigenvalue weighted by Gasteiger charge is -2.22. The van der Waals surface area contributed by atoms with Crippen molar-refractivity contribution < 1.29 is 19.1 Å². The SMILES string of the molecule is CCOc1ccc(N2CCN(CC(=O)N3CC[C@@H](Oc4cccc(C)n4)C3)C2=O)cc1. The van der Waals surface area contributed by atoms with Crippen LogP contribution < -0.4 is 14.4 Å². The van der Waals surface area contributed by atoms with E-state index < -0.39 is 0 Å². The Hall–Kier alpha value is -3.29. The summed E-state index contributed by atoms with van der Waals surface area (Å²) in [6, 6.07) is 13.0. The smallest absolute Gasteiger partial charge is 0.325 e. The van der Waals surface area contributed by atoms with E-state index in [1.54, 1.807) is 14.7 Å². The highest BCUT2D eigenvalue weighted by Gasteiger charge is 2.34. The van der Waals surface area contributed by atoms with Gasteiger partial charge in [0.2, 0.25) is 11.8 Å². The van der Waals surface area contributed by atoms with Crippen molar-refractivity contribution in [3.05, 3.63) is 48.2 Å². The van der Waals surface area contributed by atoms with Crippen LogP contribution in [0, 0.1) is 6.92 Å². The zero-order chi connectivity index (χ0) is 21.8. The number of carbonyl (C=O) groups is 2. The number of nitrogens with zero attached hydrogens (tertiary/aromatic N) is 4.